The number of ether oxygens (including phenoxy) is 1. The molecule has 0 aromatic heterocycles. The van der Waals surface area contributed by atoms with E-state index in [0.717, 1.165) is 12.8 Å². The Morgan fingerprint density at radius 2 is 1.83 bits per heavy atom. The minimum Gasteiger partial charge on any atom is -0.393 e. The van der Waals surface area contributed by atoms with Gasteiger partial charge in [-0.15, -0.1) is 0 Å². The summed E-state index contributed by atoms with van der Waals surface area (Å²) in [5.74, 6) is -1.82. The van der Waals surface area contributed by atoms with E-state index < -0.39 is 67.8 Å². The number of carbonyl (C=O) groups excluding carboxylic acids is 2. The molecule has 3 aliphatic carbocycles. The molecule has 3 amide bonds. The maximum atomic E-state index is 14.5. The quantitative estimate of drug-likeness (QED) is 0.328. The molecule has 5 aliphatic rings. The number of aliphatic hydroxyl groups excluding tert-OH is 2. The molecule has 230 valence electrons. The molecular formula is C30H42N4O7S. The van der Waals surface area contributed by atoms with Gasteiger partial charge in [0, 0.05) is 17.3 Å². The van der Waals surface area contributed by atoms with E-state index in [9.17, 15) is 28.2 Å². The van der Waals surface area contributed by atoms with Crippen molar-refractivity contribution in [3.63, 3.8) is 0 Å². The lowest BCUT2D eigenvalue weighted by Gasteiger charge is -2.70. The second kappa shape index (κ2) is 9.73. The number of nitrogens with zero attached hydrogens (tertiary/aromatic N) is 1. The Bertz CT molecular complexity index is 1420. The fourth-order valence-electron chi connectivity index (χ4n) is 9.58. The van der Waals surface area contributed by atoms with Crippen LogP contribution in [0.2, 0.25) is 0 Å². The highest BCUT2D eigenvalue weighted by atomic mass is 32.2. The van der Waals surface area contributed by atoms with Gasteiger partial charge in [0.2, 0.25) is 5.91 Å². The zero-order valence-electron chi connectivity index (χ0n) is 24.5. The van der Waals surface area contributed by atoms with Crippen LogP contribution < -0.4 is 16.5 Å². The molecule has 42 heavy (non-hydrogen) atoms. The van der Waals surface area contributed by atoms with Gasteiger partial charge in [0.05, 0.1) is 34.3 Å². The standard InChI is InChI=1S/C30H42N4O7S/c1-15-10-11-21-28(2,3)24(33-34-27(31)38)20(42(39,40)16-8-6-5-7-9-16)14-30(21)29(15,4)13-18-19(35)12-17-22(23(18)41-30)26(37)32-25(17)36/h5-9,15,17-23,26,35,37H,10-14H2,1-4H3,(H,32,36)(H3,31,34,38). The SMILES string of the molecule is CC1CCC2C(C)(C)C(=NNC(N)=O)C(S(=O)(=O)c3ccccc3)CC23OC2C(CC13C)C(O)CC1C(=O)NC(O)C12. The molecule has 2 saturated heterocycles. The Balaban J connectivity index is 1.54. The molecule has 0 bridgehead atoms. The molecule has 3 saturated carbocycles. The molecule has 6 N–H and O–H groups in total. The number of urea groups is 1. The Morgan fingerprint density at radius 3 is 2.50 bits per heavy atom. The van der Waals surface area contributed by atoms with Crippen LogP contribution in [0.4, 0.5) is 4.79 Å². The van der Waals surface area contributed by atoms with Gasteiger partial charge >= 0.3 is 6.03 Å². The van der Waals surface area contributed by atoms with E-state index in [0.29, 0.717) is 12.1 Å². The third-order valence-corrected chi connectivity index (χ3v) is 13.9. The lowest BCUT2D eigenvalue weighted by molar-refractivity contribution is -0.323. The van der Waals surface area contributed by atoms with Gasteiger partial charge in [0.15, 0.2) is 9.84 Å². The number of fused-ring (bicyclic) bond motifs is 3. The number of rotatable bonds is 3. The van der Waals surface area contributed by atoms with Crippen molar-refractivity contribution >= 4 is 27.5 Å². The lowest BCUT2D eigenvalue weighted by atomic mass is 9.42. The highest BCUT2D eigenvalue weighted by Crippen LogP contribution is 2.69. The van der Waals surface area contributed by atoms with Crippen LogP contribution in [0, 0.1) is 40.4 Å². The molecule has 1 aromatic rings. The van der Waals surface area contributed by atoms with E-state index in [-0.39, 0.29) is 41.4 Å². The third kappa shape index (κ3) is 4.01. The molecule has 6 rings (SSSR count). The number of carbonyl (C=O) groups is 2. The number of hydrogen-bond acceptors (Lipinski definition) is 8. The smallest absolute Gasteiger partial charge is 0.332 e. The second-order valence-electron chi connectivity index (χ2n) is 14.0. The van der Waals surface area contributed by atoms with Crippen LogP contribution in [0.25, 0.3) is 0 Å². The summed E-state index contributed by atoms with van der Waals surface area (Å²) in [7, 11) is -4.03. The zero-order chi connectivity index (χ0) is 30.4. The van der Waals surface area contributed by atoms with Crippen molar-refractivity contribution in [2.75, 3.05) is 0 Å². The number of nitrogens with two attached hydrogens (primary N) is 1. The number of hydrogen-bond donors (Lipinski definition) is 5. The minimum absolute atomic E-state index is 0.0760. The van der Waals surface area contributed by atoms with E-state index in [1.807, 2.05) is 13.8 Å². The third-order valence-electron chi connectivity index (χ3n) is 11.8. The largest absolute Gasteiger partial charge is 0.393 e. The highest BCUT2D eigenvalue weighted by Gasteiger charge is 2.73. The van der Waals surface area contributed by atoms with Gasteiger partial charge in [0.1, 0.15) is 11.5 Å². The molecule has 1 spiro atoms. The second-order valence-corrected chi connectivity index (χ2v) is 16.1. The van der Waals surface area contributed by atoms with Crippen LogP contribution in [-0.4, -0.2) is 65.6 Å². The van der Waals surface area contributed by atoms with Crippen LogP contribution >= 0.6 is 0 Å². The summed E-state index contributed by atoms with van der Waals surface area (Å²) < 4.78 is 36.2. The summed E-state index contributed by atoms with van der Waals surface area (Å²) in [4.78, 5) is 24.7. The zero-order valence-corrected chi connectivity index (χ0v) is 25.3. The molecule has 1 aromatic carbocycles. The number of nitrogens with one attached hydrogen (secondary N) is 2. The van der Waals surface area contributed by atoms with Gasteiger partial charge in [-0.1, -0.05) is 45.9 Å². The number of benzene rings is 1. The van der Waals surface area contributed by atoms with E-state index >= 15 is 0 Å². The minimum atomic E-state index is -4.03. The van der Waals surface area contributed by atoms with Gasteiger partial charge in [-0.3, -0.25) is 4.79 Å². The lowest BCUT2D eigenvalue weighted by Crippen LogP contribution is -2.75. The van der Waals surface area contributed by atoms with Gasteiger partial charge in [-0.2, -0.15) is 5.10 Å². The molecule has 12 heteroatoms. The Hall–Kier alpha value is -2.54. The molecular weight excluding hydrogens is 560 g/mol. The number of sulfone groups is 1. The number of aliphatic hydroxyl groups is 2. The van der Waals surface area contributed by atoms with Gasteiger partial charge in [0.25, 0.3) is 0 Å². The number of amides is 3. The maximum Gasteiger partial charge on any atom is 0.332 e. The monoisotopic (exact) mass is 602 g/mol. The van der Waals surface area contributed by atoms with Crippen LogP contribution in [-0.2, 0) is 19.4 Å². The van der Waals surface area contributed by atoms with Crippen LogP contribution in [0.3, 0.4) is 0 Å². The molecule has 2 heterocycles. The topological polar surface area (TPSA) is 180 Å². The van der Waals surface area contributed by atoms with E-state index in [4.69, 9.17) is 10.5 Å². The van der Waals surface area contributed by atoms with Crippen molar-refractivity contribution in [2.45, 2.75) is 94.0 Å². The van der Waals surface area contributed by atoms with Crippen molar-refractivity contribution in [2.24, 2.45) is 51.3 Å². The Labute approximate surface area is 246 Å². The average molecular weight is 603 g/mol. The molecule has 5 fully saturated rings. The van der Waals surface area contributed by atoms with E-state index in [2.05, 4.69) is 29.7 Å². The summed E-state index contributed by atoms with van der Waals surface area (Å²) in [5, 5.41) is 28.2. The summed E-state index contributed by atoms with van der Waals surface area (Å²) >= 11 is 0. The van der Waals surface area contributed by atoms with Crippen molar-refractivity contribution in [3.05, 3.63) is 30.3 Å². The molecule has 11 nitrogen and oxygen atoms in total. The van der Waals surface area contributed by atoms with Crippen molar-refractivity contribution in [1.29, 1.82) is 0 Å². The fraction of sp³-hybridized carbons (Fsp3) is 0.700. The number of primary amides is 1. The van der Waals surface area contributed by atoms with E-state index in [1.165, 1.54) is 0 Å². The number of hydrazone groups is 1. The maximum absolute atomic E-state index is 14.5. The first-order valence-corrected chi connectivity index (χ1v) is 16.5. The van der Waals surface area contributed by atoms with Crippen molar-refractivity contribution < 1.29 is 33.0 Å². The first-order valence-electron chi connectivity index (χ1n) is 14.9. The highest BCUT2D eigenvalue weighted by molar-refractivity contribution is 7.92. The van der Waals surface area contributed by atoms with E-state index in [1.54, 1.807) is 30.3 Å². The first kappa shape index (κ1) is 29.5. The summed E-state index contributed by atoms with van der Waals surface area (Å²) in [6, 6.07) is 7.32. The van der Waals surface area contributed by atoms with Crippen LogP contribution in [0.1, 0.15) is 59.8 Å². The fourth-order valence-corrected chi connectivity index (χ4v) is 11.6. The first-order chi connectivity index (χ1) is 19.6. The Kier molecular flexibility index (Phi) is 6.84. The average Bonchev–Trinajstić information content (AvgIpc) is 3.20. The molecule has 11 atom stereocenters. The van der Waals surface area contributed by atoms with Gasteiger partial charge in [-0.25, -0.2) is 18.6 Å². The van der Waals surface area contributed by atoms with Crippen molar-refractivity contribution in [3.8, 4) is 0 Å². The van der Waals surface area contributed by atoms with Crippen LogP contribution in [0.5, 0.6) is 0 Å². The molecule has 11 unspecified atom stereocenters. The predicted molar refractivity (Wildman–Crippen MR) is 153 cm³/mol. The van der Waals surface area contributed by atoms with Gasteiger partial charge in [-0.05, 0) is 61.5 Å². The Morgan fingerprint density at radius 1 is 1.14 bits per heavy atom. The summed E-state index contributed by atoms with van der Waals surface area (Å²) in [6.45, 7) is 8.22. The molecule has 2 aliphatic heterocycles. The summed E-state index contributed by atoms with van der Waals surface area (Å²) in [5.41, 5.74) is 5.65. The predicted octanol–water partition coefficient (Wildman–Crippen LogP) is 1.92. The molecule has 0 radical (unpaired) electrons. The normalized spacial score (nSPS) is 45.1. The van der Waals surface area contributed by atoms with Gasteiger partial charge < -0.3 is 26.0 Å². The van der Waals surface area contributed by atoms with Crippen LogP contribution in [0.15, 0.2) is 40.3 Å². The van der Waals surface area contributed by atoms with Crippen molar-refractivity contribution in [1.82, 2.24) is 10.7 Å². The summed E-state index contributed by atoms with van der Waals surface area (Å²) in [6.07, 6.45) is -0.0491.